The Bertz CT molecular complexity index is 885. The number of amides is 1. The molecule has 0 aromatic heterocycles. The number of aromatic hydroxyl groups is 1. The monoisotopic (exact) mass is 375 g/mol. The van der Waals surface area contributed by atoms with Gasteiger partial charge < -0.3 is 9.84 Å². The second-order valence-electron chi connectivity index (χ2n) is 5.24. The largest absolute Gasteiger partial charge is 0.506 e. The van der Waals surface area contributed by atoms with Gasteiger partial charge >= 0.3 is 10.2 Å². The van der Waals surface area contributed by atoms with Gasteiger partial charge in [-0.3, -0.25) is 4.79 Å². The molecule has 0 atom stereocenters. The van der Waals surface area contributed by atoms with Crippen molar-refractivity contribution in [3.8, 4) is 11.5 Å². The number of phenols is 1. The van der Waals surface area contributed by atoms with Gasteiger partial charge in [-0.2, -0.15) is 8.42 Å². The van der Waals surface area contributed by atoms with Crippen LogP contribution in [0.1, 0.15) is 13.3 Å². The van der Waals surface area contributed by atoms with Crippen LogP contribution in [-0.4, -0.2) is 84.0 Å². The summed E-state index contributed by atoms with van der Waals surface area (Å²) in [5, 5.41) is 11.6. The number of fused-ring (bicyclic) bond motifs is 1. The first-order chi connectivity index (χ1) is 10.9. The van der Waals surface area contributed by atoms with Crippen molar-refractivity contribution < 1.29 is 23.1 Å². The molecule has 0 spiro atoms. The van der Waals surface area contributed by atoms with Crippen LogP contribution in [0.5, 0.6) is 11.5 Å². The Kier molecular flexibility index (Phi) is 6.16. The summed E-state index contributed by atoms with van der Waals surface area (Å²) in [6.45, 7) is 2.22. The number of benzene rings is 2. The minimum absolute atomic E-state index is 0. The van der Waals surface area contributed by atoms with E-state index in [1.54, 1.807) is 18.2 Å². The molecule has 1 aliphatic heterocycles. The van der Waals surface area contributed by atoms with Gasteiger partial charge in [0.15, 0.2) is 0 Å². The van der Waals surface area contributed by atoms with E-state index in [9.17, 15) is 18.3 Å². The van der Waals surface area contributed by atoms with E-state index >= 15 is 0 Å². The quantitative estimate of drug-likeness (QED) is 0.781. The molecule has 1 radical (unpaired) electrons. The molecule has 2 N–H and O–H groups in total. The van der Waals surface area contributed by atoms with E-state index in [1.165, 1.54) is 12.1 Å². The van der Waals surface area contributed by atoms with Gasteiger partial charge in [-0.1, -0.05) is 13.0 Å². The van der Waals surface area contributed by atoms with Crippen molar-refractivity contribution in [2.45, 2.75) is 13.3 Å². The van der Waals surface area contributed by atoms with Crippen molar-refractivity contribution in [2.75, 3.05) is 17.5 Å². The molecule has 1 heterocycles. The number of phenolic OH excluding ortho intramolecular Hbond substituents is 1. The Balaban J connectivity index is 0.00000208. The van der Waals surface area contributed by atoms with Gasteiger partial charge in [-0.05, 0) is 41.5 Å². The summed E-state index contributed by atoms with van der Waals surface area (Å²) in [7, 11) is -3.96. The molecule has 2 aromatic carbocycles. The van der Waals surface area contributed by atoms with Crippen LogP contribution in [0.3, 0.4) is 0 Å². The smallest absolute Gasteiger partial charge is 0.326 e. The molecule has 123 valence electrons. The van der Waals surface area contributed by atoms with Crippen LogP contribution >= 0.6 is 0 Å². The number of rotatable bonds is 4. The van der Waals surface area contributed by atoms with Gasteiger partial charge in [0.1, 0.15) is 18.0 Å². The number of nitrogens with zero attached hydrogens (tertiary/aromatic N) is 1. The first-order valence-electron chi connectivity index (χ1n) is 7.13. The molecule has 0 saturated carbocycles. The summed E-state index contributed by atoms with van der Waals surface area (Å²) in [6, 6.07) is 8.33. The molecule has 1 aliphatic rings. The van der Waals surface area contributed by atoms with Gasteiger partial charge in [0.25, 0.3) is 5.91 Å². The average molecular weight is 375 g/mol. The minimum atomic E-state index is -3.96. The second-order valence-corrected chi connectivity index (χ2v) is 6.83. The summed E-state index contributed by atoms with van der Waals surface area (Å²) in [6.07, 6.45) is 0.874. The SMILES string of the molecule is CCCOc1ccc2cc(O)c(N3CC(=O)NS3(=O)=O)cc2c1.[K]. The molecular weight excluding hydrogens is 359 g/mol. The molecule has 1 amide bonds. The van der Waals surface area contributed by atoms with E-state index in [1.807, 2.05) is 11.6 Å². The standard InChI is InChI=1S/C15H16N2O5S.K/c1-2-5-22-12-4-3-10-8-14(18)13(7-11(10)6-12)17-9-15(19)16-23(17,20)21;/h3-4,6-8,18H,2,5,9H2,1H3,(H,16,19);. The van der Waals surface area contributed by atoms with Crippen molar-refractivity contribution in [3.63, 3.8) is 0 Å². The third-order valence-electron chi connectivity index (χ3n) is 3.47. The first kappa shape index (κ1) is 19.5. The van der Waals surface area contributed by atoms with Crippen molar-refractivity contribution >= 4 is 84.0 Å². The van der Waals surface area contributed by atoms with Crippen LogP contribution in [0, 0.1) is 0 Å². The van der Waals surface area contributed by atoms with E-state index in [2.05, 4.69) is 0 Å². The predicted molar refractivity (Wildman–Crippen MR) is 91.6 cm³/mol. The Labute approximate surface area is 182 Å². The van der Waals surface area contributed by atoms with Gasteiger partial charge in [-0.25, -0.2) is 9.03 Å². The number of carbonyl (C=O) groups is 1. The molecule has 9 heteroatoms. The Morgan fingerprint density at radius 2 is 2.00 bits per heavy atom. The van der Waals surface area contributed by atoms with Crippen LogP contribution in [-0.2, 0) is 15.0 Å². The van der Waals surface area contributed by atoms with Gasteiger partial charge in [-0.15, -0.1) is 0 Å². The van der Waals surface area contributed by atoms with Crippen molar-refractivity contribution in [1.29, 1.82) is 0 Å². The number of carbonyl (C=O) groups excluding carboxylic acids is 1. The summed E-state index contributed by atoms with van der Waals surface area (Å²) in [5.74, 6) is -0.182. The minimum Gasteiger partial charge on any atom is -0.506 e. The zero-order valence-electron chi connectivity index (χ0n) is 13.4. The molecule has 1 saturated heterocycles. The molecule has 3 rings (SSSR count). The van der Waals surface area contributed by atoms with Crippen molar-refractivity contribution in [1.82, 2.24) is 4.72 Å². The van der Waals surface area contributed by atoms with Crippen LogP contribution in [0.25, 0.3) is 10.8 Å². The number of hydrogen-bond acceptors (Lipinski definition) is 5. The third-order valence-corrected chi connectivity index (χ3v) is 4.86. The molecule has 0 bridgehead atoms. The van der Waals surface area contributed by atoms with E-state index in [4.69, 9.17) is 4.74 Å². The molecule has 7 nitrogen and oxygen atoms in total. The van der Waals surface area contributed by atoms with Gasteiger partial charge in [0, 0.05) is 51.4 Å². The van der Waals surface area contributed by atoms with Crippen LogP contribution in [0.15, 0.2) is 30.3 Å². The van der Waals surface area contributed by atoms with Crippen LogP contribution in [0.2, 0.25) is 0 Å². The fourth-order valence-corrected chi connectivity index (χ4v) is 3.58. The molecule has 2 aromatic rings. The molecule has 0 unspecified atom stereocenters. The van der Waals surface area contributed by atoms with E-state index < -0.39 is 16.1 Å². The summed E-state index contributed by atoms with van der Waals surface area (Å²) in [4.78, 5) is 11.4. The normalized spacial score (nSPS) is 15.9. The fraction of sp³-hybridized carbons (Fsp3) is 0.267. The zero-order chi connectivity index (χ0) is 16.6. The fourth-order valence-electron chi connectivity index (χ4n) is 2.42. The number of ether oxygens (including phenoxy) is 1. The number of anilines is 1. The molecule has 1 fully saturated rings. The Hall–Kier alpha value is -0.844. The Morgan fingerprint density at radius 3 is 2.62 bits per heavy atom. The summed E-state index contributed by atoms with van der Waals surface area (Å²) >= 11 is 0. The maximum atomic E-state index is 11.9. The van der Waals surface area contributed by atoms with Crippen LogP contribution < -0.4 is 13.8 Å². The predicted octanol–water partition coefficient (Wildman–Crippen LogP) is 1.13. The van der Waals surface area contributed by atoms with Crippen molar-refractivity contribution in [3.05, 3.63) is 30.3 Å². The zero-order valence-corrected chi connectivity index (χ0v) is 17.4. The van der Waals surface area contributed by atoms with Gasteiger partial charge in [0.2, 0.25) is 0 Å². The first-order valence-corrected chi connectivity index (χ1v) is 8.57. The van der Waals surface area contributed by atoms with Crippen LogP contribution in [0.4, 0.5) is 5.69 Å². The van der Waals surface area contributed by atoms with E-state index in [0.717, 1.165) is 16.1 Å². The van der Waals surface area contributed by atoms with Crippen molar-refractivity contribution in [2.24, 2.45) is 0 Å². The maximum absolute atomic E-state index is 11.9. The number of hydrogen-bond donors (Lipinski definition) is 2. The second kappa shape index (κ2) is 7.59. The number of nitrogens with one attached hydrogen (secondary N) is 1. The Morgan fingerprint density at radius 1 is 1.25 bits per heavy atom. The topological polar surface area (TPSA) is 95.9 Å². The van der Waals surface area contributed by atoms with Gasteiger partial charge in [0.05, 0.1) is 12.3 Å². The van der Waals surface area contributed by atoms with E-state index in [0.29, 0.717) is 17.7 Å². The molecule has 24 heavy (non-hydrogen) atoms. The summed E-state index contributed by atoms with van der Waals surface area (Å²) in [5.41, 5.74) is 0.0588. The average Bonchev–Trinajstić information content (AvgIpc) is 2.77. The molecular formula is C15H16KN2O5S. The maximum Gasteiger partial charge on any atom is 0.326 e. The molecule has 0 aliphatic carbocycles. The third kappa shape index (κ3) is 3.87. The van der Waals surface area contributed by atoms with E-state index in [-0.39, 0.29) is 69.4 Å². The summed E-state index contributed by atoms with van der Waals surface area (Å²) < 4.78 is 32.1.